The van der Waals surface area contributed by atoms with Crippen LogP contribution in [0.15, 0.2) is 30.3 Å². The Morgan fingerprint density at radius 1 is 1.07 bits per heavy atom. The third-order valence-corrected chi connectivity index (χ3v) is 4.37. The first-order valence-corrected chi connectivity index (χ1v) is 9.24. The number of ketones is 1. The van der Waals surface area contributed by atoms with E-state index in [0.29, 0.717) is 29.1 Å². The average molecular weight is 386 g/mol. The van der Waals surface area contributed by atoms with Crippen LogP contribution in [0.5, 0.6) is 5.75 Å². The number of carbonyl (C=O) groups excluding carboxylic acids is 3. The highest BCUT2D eigenvalue weighted by molar-refractivity contribution is 6.04. The van der Waals surface area contributed by atoms with Crippen molar-refractivity contribution in [2.75, 3.05) is 26.3 Å². The number of nitrogens with one attached hydrogen (secondary N) is 1. The zero-order valence-electron chi connectivity index (χ0n) is 16.7. The molecule has 1 amide bonds. The number of para-hydroxylation sites is 1. The number of carbonyl (C=O) groups is 3. The Balaban J connectivity index is 2.07. The number of benzene rings is 1. The smallest absolute Gasteiger partial charge is 0.355 e. The van der Waals surface area contributed by atoms with Gasteiger partial charge in [0.05, 0.1) is 13.2 Å². The van der Waals surface area contributed by atoms with Gasteiger partial charge in [-0.1, -0.05) is 18.2 Å². The summed E-state index contributed by atoms with van der Waals surface area (Å²) in [7, 11) is 0. The van der Waals surface area contributed by atoms with E-state index in [0.717, 1.165) is 0 Å². The van der Waals surface area contributed by atoms with Crippen LogP contribution in [0.1, 0.15) is 46.0 Å². The Bertz CT molecular complexity index is 842. The first-order valence-electron chi connectivity index (χ1n) is 9.24. The minimum atomic E-state index is -0.498. The molecular formula is C21H26N2O5. The van der Waals surface area contributed by atoms with Crippen molar-refractivity contribution in [3.8, 4) is 5.75 Å². The van der Waals surface area contributed by atoms with Crippen LogP contribution in [0.2, 0.25) is 0 Å². The number of H-pyrrole nitrogens is 1. The molecule has 1 aromatic carbocycles. The van der Waals surface area contributed by atoms with Gasteiger partial charge in [-0.05, 0) is 45.4 Å². The average Bonchev–Trinajstić information content (AvgIpc) is 2.99. The molecule has 7 heteroatoms. The Hall–Kier alpha value is -3.09. The minimum Gasteiger partial charge on any atom is -0.484 e. The number of ether oxygens (including phenoxy) is 2. The largest absolute Gasteiger partial charge is 0.484 e. The van der Waals surface area contributed by atoms with E-state index in [9.17, 15) is 14.4 Å². The van der Waals surface area contributed by atoms with E-state index in [1.54, 1.807) is 39.8 Å². The monoisotopic (exact) mass is 386 g/mol. The summed E-state index contributed by atoms with van der Waals surface area (Å²) in [5, 5.41) is 0. The first kappa shape index (κ1) is 21.2. The molecule has 0 unspecified atom stereocenters. The van der Waals surface area contributed by atoms with Gasteiger partial charge in [-0.3, -0.25) is 9.59 Å². The van der Waals surface area contributed by atoms with Gasteiger partial charge in [0.25, 0.3) is 5.91 Å². The number of rotatable bonds is 9. The molecule has 7 nitrogen and oxygen atoms in total. The Morgan fingerprint density at radius 3 is 2.36 bits per heavy atom. The summed E-state index contributed by atoms with van der Waals surface area (Å²) in [6, 6.07) is 9.02. The molecule has 0 spiro atoms. The Kier molecular flexibility index (Phi) is 7.37. The van der Waals surface area contributed by atoms with Crippen molar-refractivity contribution in [3.05, 3.63) is 52.8 Å². The summed E-state index contributed by atoms with van der Waals surface area (Å²) in [5.74, 6) is -0.427. The third-order valence-electron chi connectivity index (χ3n) is 4.37. The number of nitrogens with zero attached hydrogens (tertiary/aromatic N) is 1. The Morgan fingerprint density at radius 2 is 1.75 bits per heavy atom. The predicted octanol–water partition coefficient (Wildman–Crippen LogP) is 2.92. The summed E-state index contributed by atoms with van der Waals surface area (Å²) < 4.78 is 10.5. The van der Waals surface area contributed by atoms with Crippen molar-refractivity contribution in [1.82, 2.24) is 9.88 Å². The quantitative estimate of drug-likeness (QED) is 0.529. The van der Waals surface area contributed by atoms with Crippen molar-refractivity contribution >= 4 is 17.7 Å². The number of aromatic nitrogens is 1. The van der Waals surface area contributed by atoms with Crippen LogP contribution < -0.4 is 4.74 Å². The van der Waals surface area contributed by atoms with Crippen molar-refractivity contribution in [3.63, 3.8) is 0 Å². The van der Waals surface area contributed by atoms with Crippen LogP contribution >= 0.6 is 0 Å². The molecule has 1 N–H and O–H groups in total. The fraction of sp³-hybridized carbons (Fsp3) is 0.381. The van der Waals surface area contributed by atoms with E-state index >= 15 is 0 Å². The number of aromatic amines is 1. The van der Waals surface area contributed by atoms with Gasteiger partial charge >= 0.3 is 5.97 Å². The van der Waals surface area contributed by atoms with Crippen LogP contribution in [-0.4, -0.2) is 53.8 Å². The van der Waals surface area contributed by atoms with E-state index < -0.39 is 5.97 Å². The maximum atomic E-state index is 12.8. The predicted molar refractivity (Wildman–Crippen MR) is 105 cm³/mol. The molecule has 0 aliphatic heterocycles. The summed E-state index contributed by atoms with van der Waals surface area (Å²) in [6.07, 6.45) is 0. The molecule has 0 saturated heterocycles. The van der Waals surface area contributed by atoms with Gasteiger partial charge in [-0.15, -0.1) is 0 Å². The fourth-order valence-corrected chi connectivity index (χ4v) is 2.96. The molecule has 150 valence electrons. The second kappa shape index (κ2) is 9.73. The van der Waals surface area contributed by atoms with Gasteiger partial charge in [-0.25, -0.2) is 4.79 Å². The number of likely N-dealkylation sites (N-methyl/N-ethyl adjacent to an activating group) is 1. The molecule has 0 aliphatic carbocycles. The van der Waals surface area contributed by atoms with Gasteiger partial charge in [0.2, 0.25) is 0 Å². The van der Waals surface area contributed by atoms with E-state index in [4.69, 9.17) is 9.47 Å². The number of hydrogen-bond acceptors (Lipinski definition) is 5. The van der Waals surface area contributed by atoms with E-state index in [1.165, 1.54) is 4.90 Å². The van der Waals surface area contributed by atoms with E-state index in [-0.39, 0.29) is 37.1 Å². The summed E-state index contributed by atoms with van der Waals surface area (Å²) in [5.41, 5.74) is 1.79. The number of aryl methyl sites for hydroxylation is 1. The lowest BCUT2D eigenvalue weighted by molar-refractivity contribution is -0.132. The van der Waals surface area contributed by atoms with Crippen LogP contribution in [0, 0.1) is 13.8 Å². The van der Waals surface area contributed by atoms with Crippen molar-refractivity contribution in [2.24, 2.45) is 0 Å². The van der Waals surface area contributed by atoms with Crippen LogP contribution in [0.4, 0.5) is 0 Å². The highest BCUT2D eigenvalue weighted by atomic mass is 16.5. The third kappa shape index (κ3) is 5.00. The van der Waals surface area contributed by atoms with Gasteiger partial charge < -0.3 is 19.4 Å². The molecule has 0 atom stereocenters. The molecule has 2 aromatic rings. The lowest BCUT2D eigenvalue weighted by atomic mass is 10.1. The van der Waals surface area contributed by atoms with Crippen molar-refractivity contribution in [2.45, 2.75) is 27.7 Å². The number of esters is 1. The maximum absolute atomic E-state index is 12.8. The SMILES string of the molecule is CCOC(=O)c1[nH]c(C)c(C(=O)CN(CC)C(=O)COc2ccccc2)c1C. The van der Waals surface area contributed by atoms with Gasteiger partial charge in [0, 0.05) is 17.8 Å². The topological polar surface area (TPSA) is 88.7 Å². The molecule has 0 fully saturated rings. The summed E-state index contributed by atoms with van der Waals surface area (Å²) in [4.78, 5) is 41.6. The molecule has 0 bridgehead atoms. The second-order valence-corrected chi connectivity index (χ2v) is 6.28. The van der Waals surface area contributed by atoms with Crippen molar-refractivity contribution < 1.29 is 23.9 Å². The van der Waals surface area contributed by atoms with Gasteiger partial charge in [-0.2, -0.15) is 0 Å². The van der Waals surface area contributed by atoms with Gasteiger partial charge in [0.15, 0.2) is 12.4 Å². The zero-order chi connectivity index (χ0) is 20.7. The zero-order valence-corrected chi connectivity index (χ0v) is 16.7. The lowest BCUT2D eigenvalue weighted by Gasteiger charge is -2.20. The molecule has 1 heterocycles. The minimum absolute atomic E-state index is 0.0880. The van der Waals surface area contributed by atoms with Crippen LogP contribution in [0.3, 0.4) is 0 Å². The molecular weight excluding hydrogens is 360 g/mol. The van der Waals surface area contributed by atoms with E-state index in [1.807, 2.05) is 18.2 Å². The lowest BCUT2D eigenvalue weighted by Crippen LogP contribution is -2.38. The number of Topliss-reactive ketones (excluding diaryl/α,β-unsaturated/α-hetero) is 1. The molecule has 0 saturated carbocycles. The first-order chi connectivity index (χ1) is 13.4. The molecule has 1 aromatic heterocycles. The van der Waals surface area contributed by atoms with Gasteiger partial charge in [0.1, 0.15) is 11.4 Å². The highest BCUT2D eigenvalue weighted by Gasteiger charge is 2.25. The fourth-order valence-electron chi connectivity index (χ4n) is 2.96. The molecule has 0 aliphatic rings. The maximum Gasteiger partial charge on any atom is 0.355 e. The highest BCUT2D eigenvalue weighted by Crippen LogP contribution is 2.20. The molecule has 28 heavy (non-hydrogen) atoms. The molecule has 2 rings (SSSR count). The summed E-state index contributed by atoms with van der Waals surface area (Å²) >= 11 is 0. The summed E-state index contributed by atoms with van der Waals surface area (Å²) in [6.45, 7) is 7.32. The standard InChI is InChI=1S/C21H26N2O5/c1-5-23(18(25)13-28-16-10-8-7-9-11-16)12-17(24)19-14(3)20(22-15(19)4)21(26)27-6-2/h7-11,22H,5-6,12-13H2,1-4H3. The second-order valence-electron chi connectivity index (χ2n) is 6.28. The normalized spacial score (nSPS) is 10.4. The molecule has 0 radical (unpaired) electrons. The van der Waals surface area contributed by atoms with Crippen LogP contribution in [-0.2, 0) is 9.53 Å². The number of amides is 1. The Labute approximate surface area is 164 Å². The van der Waals surface area contributed by atoms with Crippen molar-refractivity contribution in [1.29, 1.82) is 0 Å². The van der Waals surface area contributed by atoms with E-state index in [2.05, 4.69) is 4.98 Å². The van der Waals surface area contributed by atoms with Crippen LogP contribution in [0.25, 0.3) is 0 Å². The number of hydrogen-bond donors (Lipinski definition) is 1.